The van der Waals surface area contributed by atoms with Gasteiger partial charge in [-0.3, -0.25) is 4.79 Å². The summed E-state index contributed by atoms with van der Waals surface area (Å²) in [6.45, 7) is 1.50. The van der Waals surface area contributed by atoms with Crippen LogP contribution in [0, 0.1) is 5.41 Å². The Morgan fingerprint density at radius 3 is 2.45 bits per heavy atom. The number of carboxylic acids is 1. The maximum atomic E-state index is 11.7. The van der Waals surface area contributed by atoms with E-state index in [1.165, 1.54) is 0 Å². The average Bonchev–Trinajstić information content (AvgIpc) is 2.48. The van der Waals surface area contributed by atoms with Crippen LogP contribution in [0.4, 0.5) is 0 Å². The number of piperidine rings is 1. The fourth-order valence-electron chi connectivity index (χ4n) is 2.75. The number of nitrogens with one attached hydrogen (secondary N) is 1. The predicted octanol–water partition coefficient (Wildman–Crippen LogP) is 1.70. The number of carboxylic acid groups (broad SMARTS) is 1. The molecule has 1 aromatic rings. The predicted molar refractivity (Wildman–Crippen MR) is 75.4 cm³/mol. The molecule has 1 heterocycles. The van der Waals surface area contributed by atoms with Crippen molar-refractivity contribution in [2.45, 2.75) is 19.3 Å². The Labute approximate surface area is 118 Å². The molecule has 0 bridgehead atoms. The summed E-state index contributed by atoms with van der Waals surface area (Å²) in [5.74, 6) is 0.583. The van der Waals surface area contributed by atoms with Gasteiger partial charge in [-0.2, -0.15) is 0 Å². The van der Waals surface area contributed by atoms with Crippen LogP contribution in [-0.2, 0) is 11.2 Å². The molecular formula is C15H21NO4. The third-order valence-electron chi connectivity index (χ3n) is 4.00. The van der Waals surface area contributed by atoms with E-state index in [1.807, 2.05) is 18.2 Å². The molecule has 0 unspecified atom stereocenters. The molecule has 0 amide bonds. The summed E-state index contributed by atoms with van der Waals surface area (Å²) in [5.41, 5.74) is 0.289. The van der Waals surface area contributed by atoms with E-state index in [4.69, 9.17) is 9.47 Å². The fraction of sp³-hybridized carbons (Fsp3) is 0.533. The second-order valence-electron chi connectivity index (χ2n) is 5.20. The zero-order valence-corrected chi connectivity index (χ0v) is 11.9. The summed E-state index contributed by atoms with van der Waals surface area (Å²) in [6.07, 6.45) is 1.82. The Morgan fingerprint density at radius 1 is 1.25 bits per heavy atom. The van der Waals surface area contributed by atoms with Crippen molar-refractivity contribution in [3.05, 3.63) is 23.8 Å². The van der Waals surface area contributed by atoms with Crippen molar-refractivity contribution in [1.29, 1.82) is 0 Å². The Balaban J connectivity index is 2.25. The molecular weight excluding hydrogens is 258 g/mol. The van der Waals surface area contributed by atoms with Crippen molar-refractivity contribution in [3.63, 3.8) is 0 Å². The summed E-state index contributed by atoms with van der Waals surface area (Å²) >= 11 is 0. The zero-order chi connectivity index (χ0) is 14.6. The van der Waals surface area contributed by atoms with Gasteiger partial charge in [0.15, 0.2) is 11.5 Å². The van der Waals surface area contributed by atoms with Crippen LogP contribution in [0.25, 0.3) is 0 Å². The maximum absolute atomic E-state index is 11.7. The number of methoxy groups -OCH3 is 2. The van der Waals surface area contributed by atoms with Crippen LogP contribution in [0.1, 0.15) is 18.4 Å². The van der Waals surface area contributed by atoms with Gasteiger partial charge in [0.2, 0.25) is 0 Å². The van der Waals surface area contributed by atoms with Crippen LogP contribution in [0.2, 0.25) is 0 Å². The second kappa shape index (κ2) is 6.13. The van der Waals surface area contributed by atoms with E-state index in [0.717, 1.165) is 18.7 Å². The average molecular weight is 279 g/mol. The van der Waals surface area contributed by atoms with E-state index in [9.17, 15) is 9.90 Å². The number of hydrogen-bond donors (Lipinski definition) is 2. The van der Waals surface area contributed by atoms with Crippen molar-refractivity contribution < 1.29 is 19.4 Å². The lowest BCUT2D eigenvalue weighted by molar-refractivity contribution is -0.150. The molecule has 1 aromatic carbocycles. The monoisotopic (exact) mass is 279 g/mol. The van der Waals surface area contributed by atoms with Gasteiger partial charge in [-0.1, -0.05) is 6.07 Å². The van der Waals surface area contributed by atoms with Gasteiger partial charge in [-0.25, -0.2) is 0 Å². The first-order chi connectivity index (χ1) is 9.61. The SMILES string of the molecule is COc1ccc(CC2(C(=O)O)CCNCC2)cc1OC. The van der Waals surface area contributed by atoms with E-state index >= 15 is 0 Å². The van der Waals surface area contributed by atoms with Gasteiger partial charge in [0.05, 0.1) is 19.6 Å². The lowest BCUT2D eigenvalue weighted by Crippen LogP contribution is -2.43. The highest BCUT2D eigenvalue weighted by Gasteiger charge is 2.39. The van der Waals surface area contributed by atoms with Gasteiger partial charge < -0.3 is 19.9 Å². The summed E-state index contributed by atoms with van der Waals surface area (Å²) in [5, 5.41) is 12.8. The van der Waals surface area contributed by atoms with Crippen LogP contribution in [-0.4, -0.2) is 38.4 Å². The molecule has 110 valence electrons. The lowest BCUT2D eigenvalue weighted by Gasteiger charge is -2.33. The fourth-order valence-corrected chi connectivity index (χ4v) is 2.75. The lowest BCUT2D eigenvalue weighted by atomic mass is 9.74. The maximum Gasteiger partial charge on any atom is 0.310 e. The van der Waals surface area contributed by atoms with Crippen molar-refractivity contribution in [1.82, 2.24) is 5.32 Å². The van der Waals surface area contributed by atoms with Gasteiger partial charge in [-0.05, 0) is 50.0 Å². The van der Waals surface area contributed by atoms with E-state index in [0.29, 0.717) is 30.8 Å². The molecule has 2 N–H and O–H groups in total. The molecule has 1 aliphatic rings. The third kappa shape index (κ3) is 2.88. The van der Waals surface area contributed by atoms with E-state index in [-0.39, 0.29) is 0 Å². The summed E-state index contributed by atoms with van der Waals surface area (Å²) in [7, 11) is 3.17. The molecule has 2 rings (SSSR count). The minimum absolute atomic E-state index is 0.518. The molecule has 0 aromatic heterocycles. The molecule has 0 radical (unpaired) electrons. The summed E-state index contributed by atoms with van der Waals surface area (Å²) in [6, 6.07) is 5.60. The van der Waals surface area contributed by atoms with E-state index < -0.39 is 11.4 Å². The van der Waals surface area contributed by atoms with E-state index in [2.05, 4.69) is 5.32 Å². The Bertz CT molecular complexity index is 481. The number of aliphatic carboxylic acids is 1. The number of hydrogen-bond acceptors (Lipinski definition) is 4. The Morgan fingerprint density at radius 2 is 1.90 bits per heavy atom. The first-order valence-corrected chi connectivity index (χ1v) is 6.76. The molecule has 0 aliphatic carbocycles. The standard InChI is InChI=1S/C15H21NO4/c1-19-12-4-3-11(9-13(12)20-2)10-15(14(17)18)5-7-16-8-6-15/h3-4,9,16H,5-8,10H2,1-2H3,(H,17,18). The molecule has 5 nitrogen and oxygen atoms in total. The van der Waals surface area contributed by atoms with Crippen molar-refractivity contribution >= 4 is 5.97 Å². The second-order valence-corrected chi connectivity index (χ2v) is 5.20. The van der Waals surface area contributed by atoms with E-state index in [1.54, 1.807) is 14.2 Å². The van der Waals surface area contributed by atoms with Gasteiger partial charge in [0.1, 0.15) is 0 Å². The Kier molecular flexibility index (Phi) is 4.49. The quantitative estimate of drug-likeness (QED) is 0.858. The molecule has 1 fully saturated rings. The highest BCUT2D eigenvalue weighted by atomic mass is 16.5. The normalized spacial score (nSPS) is 17.5. The number of ether oxygens (including phenoxy) is 2. The molecule has 0 atom stereocenters. The number of rotatable bonds is 5. The molecule has 20 heavy (non-hydrogen) atoms. The minimum atomic E-state index is -0.714. The topological polar surface area (TPSA) is 67.8 Å². The number of carbonyl (C=O) groups is 1. The smallest absolute Gasteiger partial charge is 0.310 e. The Hall–Kier alpha value is -1.75. The largest absolute Gasteiger partial charge is 0.493 e. The van der Waals surface area contributed by atoms with Gasteiger partial charge in [0.25, 0.3) is 0 Å². The number of benzene rings is 1. The first-order valence-electron chi connectivity index (χ1n) is 6.76. The van der Waals surface area contributed by atoms with Crippen LogP contribution >= 0.6 is 0 Å². The summed E-state index contributed by atoms with van der Waals surface area (Å²) in [4.78, 5) is 11.7. The highest BCUT2D eigenvalue weighted by molar-refractivity contribution is 5.75. The molecule has 1 saturated heterocycles. The van der Waals surface area contributed by atoms with Gasteiger partial charge >= 0.3 is 5.97 Å². The molecule has 0 saturated carbocycles. The minimum Gasteiger partial charge on any atom is -0.493 e. The highest BCUT2D eigenvalue weighted by Crippen LogP contribution is 2.36. The van der Waals surface area contributed by atoms with Crippen molar-refractivity contribution in [3.8, 4) is 11.5 Å². The first kappa shape index (κ1) is 14.7. The molecule has 0 spiro atoms. The van der Waals surface area contributed by atoms with Gasteiger partial charge in [0, 0.05) is 0 Å². The van der Waals surface area contributed by atoms with Crippen molar-refractivity contribution in [2.24, 2.45) is 5.41 Å². The van der Waals surface area contributed by atoms with Crippen LogP contribution in [0.15, 0.2) is 18.2 Å². The molecule has 1 aliphatic heterocycles. The van der Waals surface area contributed by atoms with Crippen LogP contribution < -0.4 is 14.8 Å². The zero-order valence-electron chi connectivity index (χ0n) is 11.9. The van der Waals surface area contributed by atoms with Crippen LogP contribution in [0.5, 0.6) is 11.5 Å². The molecule has 5 heteroatoms. The van der Waals surface area contributed by atoms with Crippen molar-refractivity contribution in [2.75, 3.05) is 27.3 Å². The summed E-state index contributed by atoms with van der Waals surface area (Å²) < 4.78 is 10.5. The third-order valence-corrected chi connectivity index (χ3v) is 4.00. The van der Waals surface area contributed by atoms with Crippen LogP contribution in [0.3, 0.4) is 0 Å². The van der Waals surface area contributed by atoms with Gasteiger partial charge in [-0.15, -0.1) is 0 Å².